The lowest BCUT2D eigenvalue weighted by molar-refractivity contribution is -0.144. The van der Waals surface area contributed by atoms with E-state index in [1.54, 1.807) is 0 Å². The number of ether oxygens (including phenoxy) is 4. The number of nitrogens with zero attached hydrogens (tertiary/aromatic N) is 1. The summed E-state index contributed by atoms with van der Waals surface area (Å²) in [6.45, 7) is 11.1. The number of esters is 2. The molecule has 7 nitrogen and oxygen atoms in total. The van der Waals surface area contributed by atoms with Gasteiger partial charge in [0.1, 0.15) is 0 Å². The molecule has 0 bridgehead atoms. The average Bonchev–Trinajstić information content (AvgIpc) is 3.11. The minimum Gasteiger partial charge on any atom is -0.466 e. The third kappa shape index (κ3) is 30.9. The largest absolute Gasteiger partial charge is 0.466 e. The van der Waals surface area contributed by atoms with Crippen molar-refractivity contribution in [3.8, 4) is 0 Å². The highest BCUT2D eigenvalue weighted by atomic mass is 16.5. The SMILES string of the molecule is CCCCCCCCCOC(=O)CCCCCCCCCOCC1(COCCCCCCCCCC(=O)OCCCCCCCCC)CN(C)C1. The summed E-state index contributed by atoms with van der Waals surface area (Å²) in [6.07, 6.45) is 34.9. The van der Waals surface area contributed by atoms with Crippen molar-refractivity contribution in [1.82, 2.24) is 4.90 Å². The van der Waals surface area contributed by atoms with E-state index in [0.717, 1.165) is 90.9 Å². The molecule has 0 saturated carbocycles. The van der Waals surface area contributed by atoms with Crippen LogP contribution in [0.5, 0.6) is 0 Å². The lowest BCUT2D eigenvalue weighted by Gasteiger charge is -2.48. The van der Waals surface area contributed by atoms with Crippen molar-refractivity contribution in [2.45, 2.75) is 206 Å². The maximum Gasteiger partial charge on any atom is 0.305 e. The fourth-order valence-corrected chi connectivity index (χ4v) is 7.25. The molecule has 0 spiro atoms. The number of unbranched alkanes of at least 4 members (excludes halogenated alkanes) is 24. The lowest BCUT2D eigenvalue weighted by Crippen LogP contribution is -2.59. The van der Waals surface area contributed by atoms with Gasteiger partial charge in [0.05, 0.1) is 26.4 Å². The standard InChI is InChI=1S/C44H85NO6/c1-4-6-8-10-16-24-30-36-50-42(46)32-26-20-14-12-18-22-28-34-48-40-44(38-45(3)39-44)41-49-35-29-23-19-13-15-21-27-33-43(47)51-37-31-25-17-11-9-7-5-2/h4-41H2,1-3H3. The van der Waals surface area contributed by atoms with E-state index in [1.807, 2.05) is 0 Å². The van der Waals surface area contributed by atoms with Crippen LogP contribution in [0.25, 0.3) is 0 Å². The zero-order valence-electron chi connectivity index (χ0n) is 34.3. The molecule has 0 aliphatic carbocycles. The highest BCUT2D eigenvalue weighted by Gasteiger charge is 2.41. The van der Waals surface area contributed by atoms with Crippen molar-refractivity contribution in [2.75, 3.05) is 59.8 Å². The van der Waals surface area contributed by atoms with Crippen LogP contribution in [-0.4, -0.2) is 76.6 Å². The van der Waals surface area contributed by atoms with Gasteiger partial charge in [-0.15, -0.1) is 0 Å². The Morgan fingerprint density at radius 1 is 0.431 bits per heavy atom. The van der Waals surface area contributed by atoms with Crippen LogP contribution >= 0.6 is 0 Å². The van der Waals surface area contributed by atoms with E-state index in [4.69, 9.17) is 18.9 Å². The van der Waals surface area contributed by atoms with Gasteiger partial charge in [0.15, 0.2) is 0 Å². The Morgan fingerprint density at radius 2 is 0.725 bits per heavy atom. The van der Waals surface area contributed by atoms with E-state index >= 15 is 0 Å². The van der Waals surface area contributed by atoms with Crippen LogP contribution < -0.4 is 0 Å². The first-order valence-electron chi connectivity index (χ1n) is 22.2. The van der Waals surface area contributed by atoms with E-state index in [9.17, 15) is 9.59 Å². The topological polar surface area (TPSA) is 74.3 Å². The van der Waals surface area contributed by atoms with E-state index in [0.29, 0.717) is 26.1 Å². The molecule has 1 fully saturated rings. The Hall–Kier alpha value is -1.18. The Labute approximate surface area is 316 Å². The highest BCUT2D eigenvalue weighted by molar-refractivity contribution is 5.69. The number of carbonyl (C=O) groups is 2. The fraction of sp³-hybridized carbons (Fsp3) is 0.955. The Bertz CT molecular complexity index is 715. The zero-order chi connectivity index (χ0) is 36.9. The first-order valence-corrected chi connectivity index (χ1v) is 22.2. The van der Waals surface area contributed by atoms with Crippen molar-refractivity contribution in [1.29, 1.82) is 0 Å². The molecule has 0 aromatic rings. The number of likely N-dealkylation sites (tertiary alicyclic amines) is 1. The average molecular weight is 724 g/mol. The van der Waals surface area contributed by atoms with Gasteiger partial charge in [0.2, 0.25) is 0 Å². The number of rotatable bonds is 40. The van der Waals surface area contributed by atoms with Gasteiger partial charge in [-0.2, -0.15) is 0 Å². The molecule has 0 radical (unpaired) electrons. The molecule has 0 atom stereocenters. The van der Waals surface area contributed by atoms with Crippen molar-refractivity contribution >= 4 is 11.9 Å². The van der Waals surface area contributed by atoms with Crippen molar-refractivity contribution in [3.63, 3.8) is 0 Å². The Morgan fingerprint density at radius 3 is 1.06 bits per heavy atom. The molecule has 1 aliphatic heterocycles. The fourth-order valence-electron chi connectivity index (χ4n) is 7.25. The zero-order valence-corrected chi connectivity index (χ0v) is 34.3. The summed E-state index contributed by atoms with van der Waals surface area (Å²) in [5, 5.41) is 0. The second-order valence-electron chi connectivity index (χ2n) is 15.9. The van der Waals surface area contributed by atoms with Gasteiger partial charge in [-0.1, -0.05) is 155 Å². The normalized spacial score (nSPS) is 14.1. The third-order valence-corrected chi connectivity index (χ3v) is 10.4. The summed E-state index contributed by atoms with van der Waals surface area (Å²) in [5.41, 5.74) is 0.166. The molecule has 0 aromatic carbocycles. The summed E-state index contributed by atoms with van der Waals surface area (Å²) in [4.78, 5) is 26.2. The number of carbonyl (C=O) groups excluding carboxylic acids is 2. The summed E-state index contributed by atoms with van der Waals surface area (Å²) < 4.78 is 23.1. The predicted octanol–water partition coefficient (Wildman–Crippen LogP) is 11.8. The third-order valence-electron chi connectivity index (χ3n) is 10.4. The highest BCUT2D eigenvalue weighted by Crippen LogP contribution is 2.30. The molecule has 1 rings (SSSR count). The molecule has 0 amide bonds. The Balaban J connectivity index is 1.86. The molecule has 51 heavy (non-hydrogen) atoms. The Kier molecular flexibility index (Phi) is 33.6. The van der Waals surface area contributed by atoms with E-state index in [-0.39, 0.29) is 17.4 Å². The minimum atomic E-state index is -0.0115. The van der Waals surface area contributed by atoms with E-state index in [2.05, 4.69) is 25.8 Å². The predicted molar refractivity (Wildman–Crippen MR) is 213 cm³/mol. The summed E-state index contributed by atoms with van der Waals surface area (Å²) >= 11 is 0. The molecule has 0 N–H and O–H groups in total. The van der Waals surface area contributed by atoms with Crippen LogP contribution in [-0.2, 0) is 28.5 Å². The van der Waals surface area contributed by atoms with Gasteiger partial charge in [-0.3, -0.25) is 9.59 Å². The molecular weight excluding hydrogens is 638 g/mol. The van der Waals surface area contributed by atoms with E-state index < -0.39 is 0 Å². The second kappa shape index (κ2) is 35.8. The summed E-state index contributed by atoms with van der Waals surface area (Å²) in [7, 11) is 2.18. The van der Waals surface area contributed by atoms with Crippen LogP contribution in [0.2, 0.25) is 0 Å². The monoisotopic (exact) mass is 724 g/mol. The maximum absolute atomic E-state index is 11.9. The molecule has 1 aliphatic rings. The second-order valence-corrected chi connectivity index (χ2v) is 15.9. The molecule has 0 aromatic heterocycles. The van der Waals surface area contributed by atoms with Crippen LogP contribution in [0.1, 0.15) is 206 Å². The first kappa shape index (κ1) is 47.8. The van der Waals surface area contributed by atoms with Gasteiger partial charge in [0.25, 0.3) is 0 Å². The first-order chi connectivity index (χ1) is 25.0. The maximum atomic E-state index is 11.9. The van der Waals surface area contributed by atoms with Gasteiger partial charge < -0.3 is 23.8 Å². The lowest BCUT2D eigenvalue weighted by atomic mass is 9.82. The molecule has 7 heteroatoms. The minimum absolute atomic E-state index is 0.0115. The number of hydrogen-bond donors (Lipinski definition) is 0. The molecular formula is C44H85NO6. The van der Waals surface area contributed by atoms with Crippen LogP contribution in [0.15, 0.2) is 0 Å². The van der Waals surface area contributed by atoms with E-state index in [1.165, 1.54) is 128 Å². The van der Waals surface area contributed by atoms with Crippen molar-refractivity contribution < 1.29 is 28.5 Å². The molecule has 0 unspecified atom stereocenters. The van der Waals surface area contributed by atoms with Crippen LogP contribution in [0.4, 0.5) is 0 Å². The van der Waals surface area contributed by atoms with Gasteiger partial charge >= 0.3 is 11.9 Å². The summed E-state index contributed by atoms with van der Waals surface area (Å²) in [6, 6.07) is 0. The van der Waals surface area contributed by atoms with Crippen LogP contribution in [0.3, 0.4) is 0 Å². The summed E-state index contributed by atoms with van der Waals surface area (Å²) in [5.74, 6) is -0.0231. The van der Waals surface area contributed by atoms with Gasteiger partial charge in [-0.25, -0.2) is 0 Å². The smallest absolute Gasteiger partial charge is 0.305 e. The molecule has 1 saturated heterocycles. The quantitative estimate of drug-likeness (QED) is 0.0460. The van der Waals surface area contributed by atoms with Crippen molar-refractivity contribution in [3.05, 3.63) is 0 Å². The van der Waals surface area contributed by atoms with Gasteiger partial charge in [-0.05, 0) is 45.6 Å². The molecule has 302 valence electrons. The molecule has 1 heterocycles. The number of hydrogen-bond acceptors (Lipinski definition) is 7. The van der Waals surface area contributed by atoms with Gasteiger partial charge in [0, 0.05) is 44.6 Å². The van der Waals surface area contributed by atoms with Crippen LogP contribution in [0, 0.1) is 5.41 Å². The van der Waals surface area contributed by atoms with Crippen molar-refractivity contribution in [2.24, 2.45) is 5.41 Å².